The van der Waals surface area contributed by atoms with Gasteiger partial charge in [-0.15, -0.1) is 6.42 Å². The van der Waals surface area contributed by atoms with Gasteiger partial charge in [0.25, 0.3) is 5.56 Å². The standard InChI is InChI=1S/C34H42N4O4/c1-9-28-27(33-22(4)11-10-12-23(33)5)17-26(19-35-28)29(18-32(40)41)36-34(42)30(15-21(2)3)38-20-25(13-14-37(7)8)24(6)16-31(38)39/h1,10-12,16-17,19-21,29-30H,13-15,18H2,2-8H3,(H,36,42)(H,40,41). The zero-order valence-electron chi connectivity index (χ0n) is 25.7. The number of benzene rings is 1. The van der Waals surface area contributed by atoms with Gasteiger partial charge in [-0.25, -0.2) is 4.98 Å². The fourth-order valence-corrected chi connectivity index (χ4v) is 5.24. The molecule has 1 amide bonds. The first-order valence-electron chi connectivity index (χ1n) is 14.2. The predicted octanol–water partition coefficient (Wildman–Crippen LogP) is 4.84. The Morgan fingerprint density at radius 2 is 1.79 bits per heavy atom. The number of nitrogens with zero attached hydrogens (tertiary/aromatic N) is 3. The maximum absolute atomic E-state index is 13.9. The van der Waals surface area contributed by atoms with Gasteiger partial charge in [0.2, 0.25) is 5.91 Å². The van der Waals surface area contributed by atoms with Crippen LogP contribution in [0, 0.1) is 39.0 Å². The molecule has 3 rings (SSSR count). The van der Waals surface area contributed by atoms with Gasteiger partial charge in [-0.3, -0.25) is 14.4 Å². The molecular weight excluding hydrogens is 528 g/mol. The summed E-state index contributed by atoms with van der Waals surface area (Å²) in [4.78, 5) is 45.6. The SMILES string of the molecule is C#Cc1ncc(C(CC(=O)O)NC(=O)C(CC(C)C)n2cc(CCN(C)C)c(C)cc2=O)cc1-c1c(C)cccc1C. The van der Waals surface area contributed by atoms with Crippen molar-refractivity contribution in [3.8, 4) is 23.5 Å². The number of nitrogens with one attached hydrogen (secondary N) is 1. The molecule has 0 spiro atoms. The van der Waals surface area contributed by atoms with Crippen molar-refractivity contribution in [3.63, 3.8) is 0 Å². The molecule has 2 heterocycles. The Morgan fingerprint density at radius 3 is 2.36 bits per heavy atom. The summed E-state index contributed by atoms with van der Waals surface area (Å²) >= 11 is 0. The van der Waals surface area contributed by atoms with Crippen LogP contribution in [0.1, 0.15) is 72.3 Å². The van der Waals surface area contributed by atoms with Gasteiger partial charge in [0.15, 0.2) is 0 Å². The molecule has 2 N–H and O–H groups in total. The molecule has 0 saturated carbocycles. The number of aliphatic carboxylic acids is 1. The van der Waals surface area contributed by atoms with E-state index in [4.69, 9.17) is 6.42 Å². The third kappa shape index (κ3) is 7.95. The minimum absolute atomic E-state index is 0.101. The van der Waals surface area contributed by atoms with Gasteiger partial charge < -0.3 is 19.9 Å². The molecule has 0 fully saturated rings. The molecule has 0 aliphatic carbocycles. The number of likely N-dealkylation sites (N-methyl/N-ethyl adjacent to an activating group) is 1. The largest absolute Gasteiger partial charge is 0.481 e. The maximum Gasteiger partial charge on any atom is 0.305 e. The molecule has 2 aromatic heterocycles. The lowest BCUT2D eigenvalue weighted by molar-refractivity contribution is -0.138. The van der Waals surface area contributed by atoms with Crippen molar-refractivity contribution in [2.45, 2.75) is 66.0 Å². The summed E-state index contributed by atoms with van der Waals surface area (Å²) in [6.45, 7) is 10.6. The van der Waals surface area contributed by atoms with Crippen LogP contribution in [0.5, 0.6) is 0 Å². The number of amides is 1. The van der Waals surface area contributed by atoms with E-state index in [0.717, 1.165) is 40.8 Å². The molecule has 0 radical (unpaired) electrons. The minimum Gasteiger partial charge on any atom is -0.481 e. The number of terminal acetylenes is 1. The van der Waals surface area contributed by atoms with E-state index in [9.17, 15) is 19.5 Å². The van der Waals surface area contributed by atoms with Crippen molar-refractivity contribution < 1.29 is 14.7 Å². The van der Waals surface area contributed by atoms with Gasteiger partial charge in [0.1, 0.15) is 11.7 Å². The Labute approximate surface area is 248 Å². The summed E-state index contributed by atoms with van der Waals surface area (Å²) in [5.41, 5.74) is 6.19. The number of hydrogen-bond donors (Lipinski definition) is 2. The first-order chi connectivity index (χ1) is 19.8. The Kier molecular flexibility index (Phi) is 10.8. The number of pyridine rings is 2. The number of carbonyl (C=O) groups excluding carboxylic acids is 1. The van der Waals surface area contributed by atoms with E-state index >= 15 is 0 Å². The van der Waals surface area contributed by atoms with E-state index in [-0.39, 0.29) is 17.9 Å². The van der Waals surface area contributed by atoms with Crippen molar-refractivity contribution in [3.05, 3.63) is 86.6 Å². The van der Waals surface area contributed by atoms with Crippen LogP contribution in [0.15, 0.2) is 47.5 Å². The average Bonchev–Trinajstić information content (AvgIpc) is 2.90. The van der Waals surface area contributed by atoms with Crippen molar-refractivity contribution in [2.24, 2.45) is 5.92 Å². The van der Waals surface area contributed by atoms with Crippen LogP contribution in [0.3, 0.4) is 0 Å². The molecule has 0 aliphatic rings. The molecule has 2 atom stereocenters. The molecule has 42 heavy (non-hydrogen) atoms. The third-order valence-electron chi connectivity index (χ3n) is 7.45. The van der Waals surface area contributed by atoms with E-state index in [1.165, 1.54) is 10.8 Å². The lowest BCUT2D eigenvalue weighted by atomic mass is 9.92. The second-order valence-corrected chi connectivity index (χ2v) is 11.7. The van der Waals surface area contributed by atoms with Crippen LogP contribution in [-0.2, 0) is 16.0 Å². The quantitative estimate of drug-likeness (QED) is 0.302. The Bertz CT molecular complexity index is 1530. The molecule has 0 saturated heterocycles. The topological polar surface area (TPSA) is 105 Å². The molecule has 0 aliphatic heterocycles. The van der Waals surface area contributed by atoms with Gasteiger partial charge in [-0.05, 0) is 99.0 Å². The number of aryl methyl sites for hydroxylation is 3. The molecule has 8 heteroatoms. The summed E-state index contributed by atoms with van der Waals surface area (Å²) < 4.78 is 1.49. The molecule has 2 unspecified atom stereocenters. The van der Waals surface area contributed by atoms with E-state index in [0.29, 0.717) is 23.2 Å². The monoisotopic (exact) mass is 570 g/mol. The van der Waals surface area contributed by atoms with Gasteiger partial charge in [-0.2, -0.15) is 0 Å². The summed E-state index contributed by atoms with van der Waals surface area (Å²) in [7, 11) is 3.97. The van der Waals surface area contributed by atoms with Gasteiger partial charge in [0.05, 0.1) is 12.5 Å². The smallest absolute Gasteiger partial charge is 0.305 e. The van der Waals surface area contributed by atoms with Crippen molar-refractivity contribution >= 4 is 11.9 Å². The van der Waals surface area contributed by atoms with E-state index < -0.39 is 24.0 Å². The Balaban J connectivity index is 2.07. The zero-order valence-corrected chi connectivity index (χ0v) is 25.7. The number of carboxylic acid groups (broad SMARTS) is 1. The highest BCUT2D eigenvalue weighted by molar-refractivity contribution is 5.82. The van der Waals surface area contributed by atoms with Crippen LogP contribution < -0.4 is 10.9 Å². The van der Waals surface area contributed by atoms with Crippen LogP contribution in [0.2, 0.25) is 0 Å². The zero-order chi connectivity index (χ0) is 31.1. The van der Waals surface area contributed by atoms with Gasteiger partial charge in [0, 0.05) is 30.6 Å². The van der Waals surface area contributed by atoms with E-state index in [1.54, 1.807) is 12.3 Å². The van der Waals surface area contributed by atoms with Gasteiger partial charge >= 0.3 is 5.97 Å². The van der Waals surface area contributed by atoms with E-state index in [2.05, 4.69) is 21.1 Å². The number of rotatable bonds is 12. The fourth-order valence-electron chi connectivity index (χ4n) is 5.24. The molecule has 0 bridgehead atoms. The molecular formula is C34H42N4O4. The number of hydrogen-bond acceptors (Lipinski definition) is 5. The van der Waals surface area contributed by atoms with Crippen molar-refractivity contribution in [1.29, 1.82) is 0 Å². The summed E-state index contributed by atoms with van der Waals surface area (Å²) in [6, 6.07) is 7.61. The molecule has 3 aromatic rings. The maximum atomic E-state index is 13.9. The van der Waals surface area contributed by atoms with Crippen LogP contribution in [0.4, 0.5) is 0 Å². The van der Waals surface area contributed by atoms with Crippen molar-refractivity contribution in [2.75, 3.05) is 20.6 Å². The Morgan fingerprint density at radius 1 is 1.12 bits per heavy atom. The number of carbonyl (C=O) groups is 2. The predicted molar refractivity (Wildman–Crippen MR) is 166 cm³/mol. The normalized spacial score (nSPS) is 12.7. The average molecular weight is 571 g/mol. The second kappa shape index (κ2) is 14.1. The highest BCUT2D eigenvalue weighted by Crippen LogP contribution is 2.32. The molecule has 1 aromatic carbocycles. The first-order valence-corrected chi connectivity index (χ1v) is 14.2. The van der Waals surface area contributed by atoms with Crippen LogP contribution in [-0.4, -0.2) is 52.1 Å². The number of aromatic nitrogens is 2. The van der Waals surface area contributed by atoms with Crippen molar-refractivity contribution in [1.82, 2.24) is 19.8 Å². The van der Waals surface area contributed by atoms with Crippen LogP contribution >= 0.6 is 0 Å². The summed E-state index contributed by atoms with van der Waals surface area (Å²) in [5.74, 6) is 1.24. The van der Waals surface area contributed by atoms with Gasteiger partial charge in [-0.1, -0.05) is 32.0 Å². The lowest BCUT2D eigenvalue weighted by Gasteiger charge is -2.26. The summed E-state index contributed by atoms with van der Waals surface area (Å²) in [6.07, 6.45) is 9.87. The molecule has 222 valence electrons. The Hall–Kier alpha value is -4.22. The highest BCUT2D eigenvalue weighted by Gasteiger charge is 2.28. The van der Waals surface area contributed by atoms with E-state index in [1.807, 2.05) is 73.0 Å². The summed E-state index contributed by atoms with van der Waals surface area (Å²) in [5, 5.41) is 12.7. The lowest BCUT2D eigenvalue weighted by Crippen LogP contribution is -2.40. The highest BCUT2D eigenvalue weighted by atomic mass is 16.4. The fraction of sp³-hybridized carbons (Fsp3) is 0.412. The third-order valence-corrected chi connectivity index (χ3v) is 7.45. The number of carboxylic acids is 1. The first kappa shape index (κ1) is 32.3. The van der Waals surface area contributed by atoms with Crippen LogP contribution in [0.25, 0.3) is 11.1 Å². The molecule has 8 nitrogen and oxygen atoms in total. The second-order valence-electron chi connectivity index (χ2n) is 11.7. The minimum atomic E-state index is -1.08.